The molecule has 188 valence electrons. The number of rotatable bonds is 4. The van der Waals surface area contributed by atoms with Gasteiger partial charge >= 0.3 is 6.18 Å². The van der Waals surface area contributed by atoms with E-state index in [0.717, 1.165) is 44.0 Å². The third-order valence-corrected chi connectivity index (χ3v) is 6.50. The van der Waals surface area contributed by atoms with Gasteiger partial charge in [-0.05, 0) is 43.4 Å². The first kappa shape index (κ1) is 24.1. The van der Waals surface area contributed by atoms with Gasteiger partial charge in [-0.15, -0.1) is 0 Å². The molecule has 0 aliphatic carbocycles. The number of halogens is 3. The van der Waals surface area contributed by atoms with Crippen LogP contribution in [-0.4, -0.2) is 65.4 Å². The van der Waals surface area contributed by atoms with Gasteiger partial charge in [0.1, 0.15) is 5.75 Å². The maximum Gasteiger partial charge on any atom is 0.416 e. The minimum absolute atomic E-state index is 0.201. The second-order valence-corrected chi connectivity index (χ2v) is 9.01. The van der Waals surface area contributed by atoms with Crippen LogP contribution in [0.5, 0.6) is 11.6 Å². The van der Waals surface area contributed by atoms with E-state index < -0.39 is 11.7 Å². The fourth-order valence-electron chi connectivity index (χ4n) is 4.36. The molecule has 7 nitrogen and oxygen atoms in total. The minimum Gasteiger partial charge on any atom is -0.438 e. The van der Waals surface area contributed by atoms with Crippen molar-refractivity contribution in [2.75, 3.05) is 44.7 Å². The molecule has 0 atom stereocenters. The number of alkyl halides is 3. The van der Waals surface area contributed by atoms with Crippen molar-refractivity contribution in [1.82, 2.24) is 19.8 Å². The van der Waals surface area contributed by atoms with E-state index in [4.69, 9.17) is 14.7 Å². The first-order valence-corrected chi connectivity index (χ1v) is 11.8. The van der Waals surface area contributed by atoms with Crippen LogP contribution in [-0.2, 0) is 19.1 Å². The third-order valence-electron chi connectivity index (χ3n) is 6.50. The summed E-state index contributed by atoms with van der Waals surface area (Å²) in [6.07, 6.45) is -3.95. The van der Waals surface area contributed by atoms with Crippen LogP contribution in [0.2, 0.25) is 0 Å². The molecule has 1 amide bonds. The molecule has 0 unspecified atom stereocenters. The molecule has 1 fully saturated rings. The number of anilines is 1. The normalized spacial score (nSPS) is 16.6. The van der Waals surface area contributed by atoms with Gasteiger partial charge in [-0.2, -0.15) is 18.2 Å². The van der Waals surface area contributed by atoms with Crippen LogP contribution in [0.4, 0.5) is 19.1 Å². The monoisotopic (exact) mass is 497 g/mol. The minimum atomic E-state index is -4.45. The van der Waals surface area contributed by atoms with Crippen molar-refractivity contribution < 1.29 is 22.7 Å². The Labute approximate surface area is 207 Å². The van der Waals surface area contributed by atoms with Crippen LogP contribution in [0, 0.1) is 0 Å². The molecule has 3 aromatic rings. The number of hydrogen-bond donors (Lipinski definition) is 0. The maximum absolute atomic E-state index is 13.1. The quantitative estimate of drug-likeness (QED) is 0.538. The standard InChI is InChI=1S/C26H26F3N5O2/c1-32-13-15-33(16-14-32)25-30-22-11-12-34(24(35)18-7-9-19(10-8-18)26(27,28)29)17-21(22)23(31-25)36-20-5-3-2-4-6-20/h2-10H,11-17H2,1H3. The summed E-state index contributed by atoms with van der Waals surface area (Å²) < 4.78 is 44.9. The summed E-state index contributed by atoms with van der Waals surface area (Å²) in [5, 5.41) is 0. The van der Waals surface area contributed by atoms with Crippen molar-refractivity contribution in [3.63, 3.8) is 0 Å². The number of fused-ring (bicyclic) bond motifs is 1. The van der Waals surface area contributed by atoms with E-state index in [-0.39, 0.29) is 18.0 Å². The predicted molar refractivity (Wildman–Crippen MR) is 128 cm³/mol. The van der Waals surface area contributed by atoms with E-state index in [2.05, 4.69) is 16.8 Å². The largest absolute Gasteiger partial charge is 0.438 e. The molecular weight excluding hydrogens is 471 g/mol. The highest BCUT2D eigenvalue weighted by atomic mass is 19.4. The van der Waals surface area contributed by atoms with Gasteiger partial charge in [0, 0.05) is 44.7 Å². The lowest BCUT2D eigenvalue weighted by atomic mass is 10.0. The second-order valence-electron chi connectivity index (χ2n) is 9.01. The Balaban J connectivity index is 1.43. The fourth-order valence-corrected chi connectivity index (χ4v) is 4.36. The number of ether oxygens (including phenoxy) is 1. The number of aromatic nitrogens is 2. The van der Waals surface area contributed by atoms with Crippen LogP contribution in [0.25, 0.3) is 0 Å². The lowest BCUT2D eigenvalue weighted by Gasteiger charge is -2.34. The van der Waals surface area contributed by atoms with E-state index in [1.165, 1.54) is 12.1 Å². The highest BCUT2D eigenvalue weighted by Crippen LogP contribution is 2.33. The van der Waals surface area contributed by atoms with Crippen molar-refractivity contribution in [3.8, 4) is 11.6 Å². The summed E-state index contributed by atoms with van der Waals surface area (Å²) in [4.78, 5) is 28.7. The highest BCUT2D eigenvalue weighted by Gasteiger charge is 2.32. The molecule has 1 saturated heterocycles. The average molecular weight is 498 g/mol. The number of para-hydroxylation sites is 1. The zero-order valence-electron chi connectivity index (χ0n) is 19.8. The number of benzene rings is 2. The van der Waals surface area contributed by atoms with Crippen LogP contribution in [0.15, 0.2) is 54.6 Å². The van der Waals surface area contributed by atoms with Crippen LogP contribution >= 0.6 is 0 Å². The third kappa shape index (κ3) is 5.13. The Morgan fingerprint density at radius 2 is 1.61 bits per heavy atom. The summed E-state index contributed by atoms with van der Waals surface area (Å²) in [6, 6.07) is 13.6. The fraction of sp³-hybridized carbons (Fsp3) is 0.346. The molecule has 1 aromatic heterocycles. The number of amides is 1. The topological polar surface area (TPSA) is 61.8 Å². The van der Waals surface area contributed by atoms with Crippen molar-refractivity contribution in [2.24, 2.45) is 0 Å². The maximum atomic E-state index is 13.1. The van der Waals surface area contributed by atoms with E-state index in [1.54, 1.807) is 4.90 Å². The summed E-state index contributed by atoms with van der Waals surface area (Å²) in [5.41, 5.74) is 0.947. The van der Waals surface area contributed by atoms with Crippen molar-refractivity contribution in [3.05, 3.63) is 77.0 Å². The van der Waals surface area contributed by atoms with Gasteiger partial charge in [-0.1, -0.05) is 18.2 Å². The number of carbonyl (C=O) groups is 1. The van der Waals surface area contributed by atoms with Crippen LogP contribution < -0.4 is 9.64 Å². The number of likely N-dealkylation sites (N-methyl/N-ethyl adjacent to an activating group) is 1. The highest BCUT2D eigenvalue weighted by molar-refractivity contribution is 5.94. The van der Waals surface area contributed by atoms with Crippen LogP contribution in [0.1, 0.15) is 27.2 Å². The van der Waals surface area contributed by atoms with Gasteiger partial charge in [0.15, 0.2) is 0 Å². The number of piperazine rings is 1. The molecule has 2 aromatic carbocycles. The molecule has 2 aliphatic rings. The molecule has 0 spiro atoms. The summed E-state index contributed by atoms with van der Waals surface area (Å²) >= 11 is 0. The summed E-state index contributed by atoms with van der Waals surface area (Å²) in [7, 11) is 2.08. The van der Waals surface area contributed by atoms with Gasteiger partial charge in [0.25, 0.3) is 5.91 Å². The number of hydrogen-bond acceptors (Lipinski definition) is 6. The number of nitrogens with zero attached hydrogens (tertiary/aromatic N) is 5. The smallest absolute Gasteiger partial charge is 0.416 e. The van der Waals surface area contributed by atoms with Gasteiger partial charge in [0.05, 0.1) is 23.4 Å². The van der Waals surface area contributed by atoms with E-state index in [1.807, 2.05) is 30.3 Å². The van der Waals surface area contributed by atoms with Gasteiger partial charge in [0.2, 0.25) is 11.8 Å². The molecule has 36 heavy (non-hydrogen) atoms. The Kier molecular flexibility index (Phi) is 6.53. The Hall–Kier alpha value is -3.66. The Morgan fingerprint density at radius 1 is 0.917 bits per heavy atom. The Bertz CT molecular complexity index is 1230. The SMILES string of the molecule is CN1CCN(c2nc3c(c(Oc4ccccc4)n2)CN(C(=O)c2ccc(C(F)(F)F)cc2)CC3)CC1. The molecule has 2 aliphatic heterocycles. The zero-order valence-corrected chi connectivity index (χ0v) is 19.8. The molecule has 0 saturated carbocycles. The lowest BCUT2D eigenvalue weighted by molar-refractivity contribution is -0.137. The van der Waals surface area contributed by atoms with Gasteiger partial charge in [-0.3, -0.25) is 4.79 Å². The van der Waals surface area contributed by atoms with E-state index in [9.17, 15) is 18.0 Å². The van der Waals surface area contributed by atoms with Crippen molar-refractivity contribution >= 4 is 11.9 Å². The molecular formula is C26H26F3N5O2. The van der Waals surface area contributed by atoms with E-state index in [0.29, 0.717) is 36.1 Å². The van der Waals surface area contributed by atoms with E-state index >= 15 is 0 Å². The van der Waals surface area contributed by atoms with Crippen molar-refractivity contribution in [2.45, 2.75) is 19.1 Å². The molecule has 0 bridgehead atoms. The zero-order chi connectivity index (χ0) is 25.3. The molecule has 5 rings (SSSR count). The molecule has 3 heterocycles. The molecule has 0 N–H and O–H groups in total. The lowest BCUT2D eigenvalue weighted by Crippen LogP contribution is -2.45. The first-order chi connectivity index (χ1) is 17.3. The summed E-state index contributed by atoms with van der Waals surface area (Å²) in [6.45, 7) is 4.03. The average Bonchev–Trinajstić information content (AvgIpc) is 2.88. The molecule has 0 radical (unpaired) electrons. The van der Waals surface area contributed by atoms with Gasteiger partial charge < -0.3 is 19.4 Å². The second kappa shape index (κ2) is 9.77. The Morgan fingerprint density at radius 3 is 2.28 bits per heavy atom. The van der Waals surface area contributed by atoms with Crippen molar-refractivity contribution in [1.29, 1.82) is 0 Å². The van der Waals surface area contributed by atoms with Gasteiger partial charge in [-0.25, -0.2) is 4.98 Å². The predicted octanol–water partition coefficient (Wildman–Crippen LogP) is 4.24. The number of carbonyl (C=O) groups excluding carboxylic acids is 1. The first-order valence-electron chi connectivity index (χ1n) is 11.8. The van der Waals surface area contributed by atoms with Crippen LogP contribution in [0.3, 0.4) is 0 Å². The molecule has 10 heteroatoms. The summed E-state index contributed by atoms with van der Waals surface area (Å²) in [5.74, 6) is 1.28.